The molecule has 1 aromatic heterocycles. The zero-order chi connectivity index (χ0) is 21.3. The number of pyridine rings is 1. The number of alkyl halides is 3. The molecule has 1 amide bonds. The van der Waals surface area contributed by atoms with Gasteiger partial charge in [-0.3, -0.25) is 4.79 Å². The molecule has 0 saturated heterocycles. The van der Waals surface area contributed by atoms with Gasteiger partial charge in [0.1, 0.15) is 0 Å². The summed E-state index contributed by atoms with van der Waals surface area (Å²) in [5.41, 5.74) is 1.76. The fourth-order valence-electron chi connectivity index (χ4n) is 3.50. The van der Waals surface area contributed by atoms with E-state index < -0.39 is 17.6 Å². The van der Waals surface area contributed by atoms with Gasteiger partial charge in [0.05, 0.1) is 28.0 Å². The van der Waals surface area contributed by atoms with Gasteiger partial charge in [-0.15, -0.1) is 0 Å². The van der Waals surface area contributed by atoms with Crippen molar-refractivity contribution < 1.29 is 18.0 Å². The van der Waals surface area contributed by atoms with Gasteiger partial charge in [-0.1, -0.05) is 60.7 Å². The Balaban J connectivity index is 1.87. The average molecular weight is 406 g/mol. The van der Waals surface area contributed by atoms with Crippen LogP contribution in [0.3, 0.4) is 0 Å². The van der Waals surface area contributed by atoms with Gasteiger partial charge in [-0.25, -0.2) is 4.98 Å². The third-order valence-electron chi connectivity index (χ3n) is 4.89. The van der Waals surface area contributed by atoms with Crippen molar-refractivity contribution in [3.05, 3.63) is 95.6 Å². The molecular formula is C24H17F3N2O. The van der Waals surface area contributed by atoms with Crippen LogP contribution in [0.2, 0.25) is 0 Å². The second kappa shape index (κ2) is 7.63. The molecule has 0 aliphatic rings. The van der Waals surface area contributed by atoms with E-state index >= 15 is 0 Å². The smallest absolute Gasteiger partial charge is 0.321 e. The molecule has 4 rings (SSSR count). The second-order valence-electron chi connectivity index (χ2n) is 6.84. The zero-order valence-electron chi connectivity index (χ0n) is 16.0. The lowest BCUT2D eigenvalue weighted by Crippen LogP contribution is -2.18. The van der Waals surface area contributed by atoms with Crippen LogP contribution in [0.15, 0.2) is 78.9 Å². The first-order chi connectivity index (χ1) is 14.4. The van der Waals surface area contributed by atoms with Crippen molar-refractivity contribution in [3.8, 4) is 11.3 Å². The number of para-hydroxylation sites is 2. The second-order valence-corrected chi connectivity index (χ2v) is 6.84. The van der Waals surface area contributed by atoms with Gasteiger partial charge >= 0.3 is 6.18 Å². The Morgan fingerprint density at radius 3 is 2.23 bits per heavy atom. The Labute approximate surface area is 171 Å². The van der Waals surface area contributed by atoms with E-state index in [1.807, 2.05) is 30.3 Å². The largest absolute Gasteiger partial charge is 0.418 e. The number of amides is 1. The lowest BCUT2D eigenvalue weighted by molar-refractivity contribution is -0.136. The van der Waals surface area contributed by atoms with Gasteiger partial charge < -0.3 is 5.32 Å². The number of hydrogen-bond acceptors (Lipinski definition) is 2. The maximum Gasteiger partial charge on any atom is 0.418 e. The Morgan fingerprint density at radius 1 is 0.867 bits per heavy atom. The van der Waals surface area contributed by atoms with Crippen LogP contribution in [-0.2, 0) is 6.18 Å². The van der Waals surface area contributed by atoms with Crippen LogP contribution in [0, 0.1) is 6.92 Å². The van der Waals surface area contributed by atoms with Gasteiger partial charge in [0, 0.05) is 10.9 Å². The van der Waals surface area contributed by atoms with Gasteiger partial charge in [-0.05, 0) is 30.7 Å². The van der Waals surface area contributed by atoms with E-state index in [9.17, 15) is 18.0 Å². The molecular weight excluding hydrogens is 389 g/mol. The molecule has 3 nitrogen and oxygen atoms in total. The molecule has 0 spiro atoms. The molecule has 30 heavy (non-hydrogen) atoms. The number of benzene rings is 3. The molecule has 0 saturated carbocycles. The van der Waals surface area contributed by atoms with Crippen molar-refractivity contribution in [1.29, 1.82) is 0 Å². The number of anilines is 1. The van der Waals surface area contributed by atoms with Crippen molar-refractivity contribution in [2.45, 2.75) is 13.1 Å². The minimum absolute atomic E-state index is 0.281. The maximum atomic E-state index is 13.4. The monoisotopic (exact) mass is 406 g/mol. The standard InChI is InChI=1S/C24H17F3N2O/c1-15-21(23(30)29-20-14-8-6-12-18(20)24(25,26)27)17-11-5-7-13-19(17)28-22(15)16-9-3-2-4-10-16/h2-14H,1H3,(H,29,30). The SMILES string of the molecule is Cc1c(-c2ccccc2)nc2ccccc2c1C(=O)Nc1ccccc1C(F)(F)F. The molecule has 0 bridgehead atoms. The van der Waals surface area contributed by atoms with E-state index in [4.69, 9.17) is 4.98 Å². The number of hydrogen-bond donors (Lipinski definition) is 1. The van der Waals surface area contributed by atoms with E-state index in [-0.39, 0.29) is 5.69 Å². The van der Waals surface area contributed by atoms with Crippen molar-refractivity contribution in [1.82, 2.24) is 4.98 Å². The van der Waals surface area contributed by atoms with E-state index in [2.05, 4.69) is 5.32 Å². The third-order valence-corrected chi connectivity index (χ3v) is 4.89. The van der Waals surface area contributed by atoms with E-state index in [0.29, 0.717) is 27.7 Å². The molecule has 1 heterocycles. The van der Waals surface area contributed by atoms with Gasteiger partial charge in [0.15, 0.2) is 0 Å². The average Bonchev–Trinajstić information content (AvgIpc) is 2.73. The Hall–Kier alpha value is -3.67. The minimum Gasteiger partial charge on any atom is -0.321 e. The highest BCUT2D eigenvalue weighted by molar-refractivity contribution is 6.14. The first-order valence-corrected chi connectivity index (χ1v) is 9.28. The third kappa shape index (κ3) is 3.64. The van der Waals surface area contributed by atoms with Gasteiger partial charge in [0.25, 0.3) is 5.91 Å². The predicted molar refractivity (Wildman–Crippen MR) is 111 cm³/mol. The highest BCUT2D eigenvalue weighted by Crippen LogP contribution is 2.36. The number of halogens is 3. The van der Waals surface area contributed by atoms with E-state index in [0.717, 1.165) is 11.6 Å². The normalized spacial score (nSPS) is 11.5. The van der Waals surface area contributed by atoms with Crippen molar-refractivity contribution in [2.75, 3.05) is 5.32 Å². The number of nitrogens with one attached hydrogen (secondary N) is 1. The fraction of sp³-hybridized carbons (Fsp3) is 0.0833. The van der Waals surface area contributed by atoms with Crippen molar-refractivity contribution in [3.63, 3.8) is 0 Å². The van der Waals surface area contributed by atoms with Crippen LogP contribution in [-0.4, -0.2) is 10.9 Å². The lowest BCUT2D eigenvalue weighted by atomic mass is 9.97. The summed E-state index contributed by atoms with van der Waals surface area (Å²) in [6, 6.07) is 21.4. The Bertz CT molecular complexity index is 1230. The molecule has 0 fully saturated rings. The molecule has 6 heteroatoms. The molecule has 0 aliphatic carbocycles. The summed E-state index contributed by atoms with van der Waals surface area (Å²) in [7, 11) is 0. The summed E-state index contributed by atoms with van der Waals surface area (Å²) in [4.78, 5) is 17.9. The Morgan fingerprint density at radius 2 is 1.50 bits per heavy atom. The summed E-state index contributed by atoms with van der Waals surface area (Å²) < 4.78 is 40.1. The van der Waals surface area contributed by atoms with Crippen LogP contribution in [0.5, 0.6) is 0 Å². The number of carbonyl (C=O) groups excluding carboxylic acids is 1. The predicted octanol–water partition coefficient (Wildman–Crippen LogP) is 6.48. The summed E-state index contributed by atoms with van der Waals surface area (Å²) in [6.45, 7) is 1.76. The first-order valence-electron chi connectivity index (χ1n) is 9.28. The van der Waals surface area contributed by atoms with Gasteiger partial charge in [-0.2, -0.15) is 13.2 Å². The zero-order valence-corrected chi connectivity index (χ0v) is 16.0. The van der Waals surface area contributed by atoms with Crippen LogP contribution in [0.25, 0.3) is 22.2 Å². The fourth-order valence-corrected chi connectivity index (χ4v) is 3.50. The maximum absolute atomic E-state index is 13.4. The van der Waals surface area contributed by atoms with E-state index in [1.54, 1.807) is 31.2 Å². The number of carbonyl (C=O) groups is 1. The first kappa shape index (κ1) is 19.6. The quantitative estimate of drug-likeness (QED) is 0.423. The molecule has 0 atom stereocenters. The molecule has 1 N–H and O–H groups in total. The summed E-state index contributed by atoms with van der Waals surface area (Å²) in [6.07, 6.45) is -4.57. The number of aromatic nitrogens is 1. The molecule has 0 unspecified atom stereocenters. The van der Waals surface area contributed by atoms with Crippen molar-refractivity contribution in [2.24, 2.45) is 0 Å². The lowest BCUT2D eigenvalue weighted by Gasteiger charge is -2.17. The van der Waals surface area contributed by atoms with E-state index in [1.165, 1.54) is 18.2 Å². The van der Waals surface area contributed by atoms with Gasteiger partial charge in [0.2, 0.25) is 0 Å². The highest BCUT2D eigenvalue weighted by atomic mass is 19.4. The topological polar surface area (TPSA) is 42.0 Å². The molecule has 0 aliphatic heterocycles. The van der Waals surface area contributed by atoms with Crippen LogP contribution < -0.4 is 5.32 Å². The van der Waals surface area contributed by atoms with Crippen molar-refractivity contribution >= 4 is 22.5 Å². The van der Waals surface area contributed by atoms with Crippen LogP contribution >= 0.6 is 0 Å². The minimum atomic E-state index is -4.57. The van der Waals surface area contributed by atoms with Crippen LogP contribution in [0.4, 0.5) is 18.9 Å². The van der Waals surface area contributed by atoms with Crippen LogP contribution in [0.1, 0.15) is 21.5 Å². The number of fused-ring (bicyclic) bond motifs is 1. The molecule has 0 radical (unpaired) electrons. The Kier molecular flexibility index (Phi) is 4.99. The highest BCUT2D eigenvalue weighted by Gasteiger charge is 2.34. The summed E-state index contributed by atoms with van der Waals surface area (Å²) in [5.74, 6) is -0.611. The molecule has 3 aromatic carbocycles. The number of nitrogens with zero attached hydrogens (tertiary/aromatic N) is 1. The molecule has 4 aromatic rings. The summed E-state index contributed by atoms with van der Waals surface area (Å²) >= 11 is 0. The number of rotatable bonds is 3. The molecule has 150 valence electrons. The summed E-state index contributed by atoms with van der Waals surface area (Å²) in [5, 5.41) is 3.04.